The topological polar surface area (TPSA) is 57.4 Å². The Kier molecular flexibility index (Phi) is 6.60. The van der Waals surface area contributed by atoms with Crippen molar-refractivity contribution in [1.82, 2.24) is 10.2 Å². The van der Waals surface area contributed by atoms with Gasteiger partial charge in [0.15, 0.2) is 11.5 Å². The number of aromatic nitrogens is 2. The summed E-state index contributed by atoms with van der Waals surface area (Å²) in [6.07, 6.45) is 1.74. The number of rotatable bonds is 7. The molecule has 0 radical (unpaired) electrons. The Hall–Kier alpha value is -2.50. The quantitative estimate of drug-likeness (QED) is 0.458. The zero-order valence-corrected chi connectivity index (χ0v) is 17.3. The van der Waals surface area contributed by atoms with E-state index in [-0.39, 0.29) is 5.89 Å². The zero-order valence-electron chi connectivity index (χ0n) is 15.8. The Morgan fingerprint density at radius 3 is 2.54 bits per heavy atom. The molecule has 0 unspecified atom stereocenters. The van der Waals surface area contributed by atoms with Crippen LogP contribution in [0.15, 0.2) is 46.9 Å². The molecule has 0 spiro atoms. The van der Waals surface area contributed by atoms with E-state index in [1.165, 1.54) is 0 Å². The van der Waals surface area contributed by atoms with E-state index >= 15 is 0 Å². The maximum atomic E-state index is 6.39. The molecule has 0 aliphatic heterocycles. The molecule has 0 atom stereocenters. The molecule has 0 saturated carbocycles. The predicted octanol–water partition coefficient (Wildman–Crippen LogP) is 6.17. The minimum Gasteiger partial charge on any atom is -0.493 e. The highest BCUT2D eigenvalue weighted by Gasteiger charge is 2.12. The van der Waals surface area contributed by atoms with Crippen LogP contribution in [0, 0.1) is 5.92 Å². The average Bonchev–Trinajstić information content (AvgIpc) is 3.17. The lowest BCUT2D eigenvalue weighted by Crippen LogP contribution is -2.05. The van der Waals surface area contributed by atoms with E-state index in [0.29, 0.717) is 40.0 Å². The fraction of sp³-hybridized carbons (Fsp3) is 0.238. The summed E-state index contributed by atoms with van der Waals surface area (Å²) < 4.78 is 16.9. The SMILES string of the molecule is COc1ccc(/C=C(\Cl)c2nnc(-c3ccc(Cl)cc3)o2)cc1OCC(C)C. The van der Waals surface area contributed by atoms with Crippen LogP contribution in [-0.4, -0.2) is 23.9 Å². The third-order valence-electron chi connectivity index (χ3n) is 3.77. The van der Waals surface area contributed by atoms with Gasteiger partial charge in [-0.25, -0.2) is 0 Å². The van der Waals surface area contributed by atoms with Crippen molar-refractivity contribution in [2.45, 2.75) is 13.8 Å². The van der Waals surface area contributed by atoms with Gasteiger partial charge in [0.25, 0.3) is 5.89 Å². The summed E-state index contributed by atoms with van der Waals surface area (Å²) in [4.78, 5) is 0. The normalized spacial score (nSPS) is 11.7. The highest BCUT2D eigenvalue weighted by molar-refractivity contribution is 6.50. The lowest BCUT2D eigenvalue weighted by molar-refractivity contribution is 0.257. The van der Waals surface area contributed by atoms with Crippen molar-refractivity contribution in [3.8, 4) is 23.0 Å². The smallest absolute Gasteiger partial charge is 0.259 e. The highest BCUT2D eigenvalue weighted by atomic mass is 35.5. The van der Waals surface area contributed by atoms with Crippen molar-refractivity contribution in [3.63, 3.8) is 0 Å². The maximum absolute atomic E-state index is 6.39. The lowest BCUT2D eigenvalue weighted by atomic mass is 10.2. The first-order valence-corrected chi connectivity index (χ1v) is 9.49. The van der Waals surface area contributed by atoms with Gasteiger partial charge < -0.3 is 13.9 Å². The van der Waals surface area contributed by atoms with Gasteiger partial charge in [0.2, 0.25) is 5.89 Å². The Bertz CT molecular complexity index is 966. The summed E-state index contributed by atoms with van der Waals surface area (Å²) in [7, 11) is 1.61. The molecule has 5 nitrogen and oxygen atoms in total. The van der Waals surface area contributed by atoms with E-state index in [1.54, 1.807) is 37.5 Å². The van der Waals surface area contributed by atoms with Gasteiger partial charge in [-0.2, -0.15) is 0 Å². The van der Waals surface area contributed by atoms with Gasteiger partial charge in [0, 0.05) is 10.6 Å². The van der Waals surface area contributed by atoms with Crippen LogP contribution in [0.2, 0.25) is 5.02 Å². The number of methoxy groups -OCH3 is 1. The Morgan fingerprint density at radius 1 is 1.11 bits per heavy atom. The zero-order chi connectivity index (χ0) is 20.1. The molecular formula is C21H20Cl2N2O3. The molecule has 7 heteroatoms. The van der Waals surface area contributed by atoms with E-state index in [0.717, 1.165) is 11.1 Å². The van der Waals surface area contributed by atoms with Crippen molar-refractivity contribution in [3.05, 3.63) is 58.9 Å². The van der Waals surface area contributed by atoms with Crippen LogP contribution >= 0.6 is 23.2 Å². The summed E-state index contributed by atoms with van der Waals surface area (Å²) in [6.45, 7) is 4.76. The molecule has 0 fully saturated rings. The molecular weight excluding hydrogens is 399 g/mol. The molecule has 146 valence electrons. The second kappa shape index (κ2) is 9.13. The van der Waals surface area contributed by atoms with Crippen molar-refractivity contribution in [2.75, 3.05) is 13.7 Å². The fourth-order valence-electron chi connectivity index (χ4n) is 2.39. The monoisotopic (exact) mass is 418 g/mol. The number of hydrogen-bond acceptors (Lipinski definition) is 5. The van der Waals surface area contributed by atoms with Crippen LogP contribution in [0.5, 0.6) is 11.5 Å². The average molecular weight is 419 g/mol. The van der Waals surface area contributed by atoms with E-state index in [2.05, 4.69) is 24.0 Å². The van der Waals surface area contributed by atoms with Crippen LogP contribution in [0.1, 0.15) is 25.3 Å². The first-order valence-electron chi connectivity index (χ1n) is 8.74. The minimum absolute atomic E-state index is 0.229. The van der Waals surface area contributed by atoms with Crippen LogP contribution in [-0.2, 0) is 0 Å². The van der Waals surface area contributed by atoms with Crippen LogP contribution < -0.4 is 9.47 Å². The fourth-order valence-corrected chi connectivity index (χ4v) is 2.72. The third-order valence-corrected chi connectivity index (χ3v) is 4.30. The number of nitrogens with zero attached hydrogens (tertiary/aromatic N) is 2. The molecule has 3 rings (SSSR count). The van der Waals surface area contributed by atoms with E-state index in [9.17, 15) is 0 Å². The van der Waals surface area contributed by atoms with Crippen molar-refractivity contribution < 1.29 is 13.9 Å². The first-order chi connectivity index (χ1) is 13.5. The van der Waals surface area contributed by atoms with Gasteiger partial charge in [0.1, 0.15) is 5.03 Å². The van der Waals surface area contributed by atoms with Gasteiger partial charge >= 0.3 is 0 Å². The molecule has 1 heterocycles. The standard InChI is InChI=1S/C21H20Cl2N2O3/c1-13(2)12-27-19-11-14(4-9-18(19)26-3)10-17(23)21-25-24-20(28-21)15-5-7-16(22)8-6-15/h4-11,13H,12H2,1-3H3/b17-10-. The van der Waals surface area contributed by atoms with Gasteiger partial charge in [-0.05, 0) is 54.0 Å². The second-order valence-electron chi connectivity index (χ2n) is 6.53. The van der Waals surface area contributed by atoms with Gasteiger partial charge in [-0.1, -0.05) is 43.1 Å². The number of hydrogen-bond donors (Lipinski definition) is 0. The summed E-state index contributed by atoms with van der Waals surface area (Å²) in [5, 5.41) is 9.03. The summed E-state index contributed by atoms with van der Waals surface area (Å²) >= 11 is 12.3. The Labute approximate surface area is 173 Å². The van der Waals surface area contributed by atoms with Crippen LogP contribution in [0.3, 0.4) is 0 Å². The molecule has 0 amide bonds. The molecule has 0 saturated heterocycles. The van der Waals surface area contributed by atoms with Crippen LogP contribution in [0.25, 0.3) is 22.6 Å². The van der Waals surface area contributed by atoms with Gasteiger partial charge in [0.05, 0.1) is 13.7 Å². The number of benzene rings is 2. The third kappa shape index (κ3) is 5.06. The van der Waals surface area contributed by atoms with E-state index in [1.807, 2.05) is 18.2 Å². The molecule has 2 aromatic carbocycles. The van der Waals surface area contributed by atoms with Crippen molar-refractivity contribution >= 4 is 34.3 Å². The highest BCUT2D eigenvalue weighted by Crippen LogP contribution is 2.31. The minimum atomic E-state index is 0.229. The number of ether oxygens (including phenoxy) is 2. The van der Waals surface area contributed by atoms with E-state index in [4.69, 9.17) is 37.1 Å². The van der Waals surface area contributed by atoms with Gasteiger partial charge in [-0.15, -0.1) is 10.2 Å². The molecule has 0 aliphatic carbocycles. The summed E-state index contributed by atoms with van der Waals surface area (Å²) in [5.41, 5.74) is 1.59. The number of halogens is 2. The lowest BCUT2D eigenvalue weighted by Gasteiger charge is -2.13. The molecule has 0 aliphatic rings. The maximum Gasteiger partial charge on any atom is 0.259 e. The Balaban J connectivity index is 1.83. The predicted molar refractivity (Wildman–Crippen MR) is 112 cm³/mol. The molecule has 0 bridgehead atoms. The Morgan fingerprint density at radius 2 is 1.86 bits per heavy atom. The molecule has 0 N–H and O–H groups in total. The largest absolute Gasteiger partial charge is 0.493 e. The first kappa shape index (κ1) is 20.2. The molecule has 28 heavy (non-hydrogen) atoms. The second-order valence-corrected chi connectivity index (χ2v) is 7.37. The van der Waals surface area contributed by atoms with E-state index < -0.39 is 0 Å². The van der Waals surface area contributed by atoms with Crippen molar-refractivity contribution in [1.29, 1.82) is 0 Å². The summed E-state index contributed by atoms with van der Waals surface area (Å²) in [6, 6.07) is 12.7. The van der Waals surface area contributed by atoms with Crippen LogP contribution in [0.4, 0.5) is 0 Å². The molecule has 3 aromatic rings. The van der Waals surface area contributed by atoms with Gasteiger partial charge in [-0.3, -0.25) is 0 Å². The van der Waals surface area contributed by atoms with Crippen molar-refractivity contribution in [2.24, 2.45) is 5.92 Å². The summed E-state index contributed by atoms with van der Waals surface area (Å²) in [5.74, 6) is 2.32. The molecule has 1 aromatic heterocycles.